The van der Waals surface area contributed by atoms with E-state index < -0.39 is 0 Å². The number of carbonyl (C=O) groups is 1. The van der Waals surface area contributed by atoms with Crippen LogP contribution in [0.2, 0.25) is 0 Å². The summed E-state index contributed by atoms with van der Waals surface area (Å²) in [6.07, 6.45) is -0.239. The zero-order valence-corrected chi connectivity index (χ0v) is 16.8. The van der Waals surface area contributed by atoms with Crippen LogP contribution >= 0.6 is 0 Å². The normalized spacial score (nSPS) is 15.8. The number of hydrogen-bond acceptors (Lipinski definition) is 3. The number of carbonyl (C=O) groups excluding carboxylic acids is 1. The molecule has 4 rings (SSSR count). The molecule has 0 aromatic heterocycles. The summed E-state index contributed by atoms with van der Waals surface area (Å²) in [5, 5.41) is 3.55. The maximum absolute atomic E-state index is 13.3. The first-order valence-corrected chi connectivity index (χ1v) is 10.0. The highest BCUT2D eigenvalue weighted by molar-refractivity contribution is 6.01. The van der Waals surface area contributed by atoms with Gasteiger partial charge in [0.1, 0.15) is 11.9 Å². The van der Waals surface area contributed by atoms with E-state index in [0.717, 1.165) is 22.6 Å². The SMILES string of the molecule is CC(C)COc1ccc(C2Nc3ccccc3C(=O)N2Cc2ccccc2)cc1. The Hall–Kier alpha value is -3.27. The summed E-state index contributed by atoms with van der Waals surface area (Å²) < 4.78 is 5.81. The molecular weight excluding hydrogens is 360 g/mol. The summed E-state index contributed by atoms with van der Waals surface area (Å²) >= 11 is 0. The lowest BCUT2D eigenvalue weighted by Crippen LogP contribution is -2.42. The molecule has 0 aliphatic carbocycles. The minimum Gasteiger partial charge on any atom is -0.493 e. The van der Waals surface area contributed by atoms with E-state index in [1.54, 1.807) is 0 Å². The van der Waals surface area contributed by atoms with Gasteiger partial charge < -0.3 is 15.0 Å². The molecule has 148 valence electrons. The van der Waals surface area contributed by atoms with Crippen LogP contribution in [0, 0.1) is 5.92 Å². The van der Waals surface area contributed by atoms with Crippen molar-refractivity contribution in [3.63, 3.8) is 0 Å². The van der Waals surface area contributed by atoms with Gasteiger partial charge in [0, 0.05) is 12.2 Å². The Morgan fingerprint density at radius 3 is 2.34 bits per heavy atom. The fourth-order valence-electron chi connectivity index (χ4n) is 3.51. The molecule has 0 saturated carbocycles. The minimum absolute atomic E-state index is 0.0355. The Kier molecular flexibility index (Phi) is 5.52. The number of hydrogen-bond donors (Lipinski definition) is 1. The summed E-state index contributed by atoms with van der Waals surface area (Å²) in [4.78, 5) is 15.2. The minimum atomic E-state index is -0.239. The van der Waals surface area contributed by atoms with Gasteiger partial charge in [-0.1, -0.05) is 68.4 Å². The quantitative estimate of drug-likeness (QED) is 0.609. The second-order valence-corrected chi connectivity index (χ2v) is 7.78. The topological polar surface area (TPSA) is 41.6 Å². The molecule has 0 saturated heterocycles. The Bertz CT molecular complexity index is 968. The van der Waals surface area contributed by atoms with E-state index in [-0.39, 0.29) is 12.1 Å². The zero-order valence-electron chi connectivity index (χ0n) is 16.8. The summed E-state index contributed by atoms with van der Waals surface area (Å²) in [7, 11) is 0. The molecule has 3 aromatic rings. The van der Waals surface area contributed by atoms with Crippen LogP contribution in [0.1, 0.15) is 41.5 Å². The van der Waals surface area contributed by atoms with Gasteiger partial charge in [-0.3, -0.25) is 4.79 Å². The standard InChI is InChI=1S/C25H26N2O2/c1-18(2)17-29-21-14-12-20(13-15-21)24-26-23-11-7-6-10-22(23)25(28)27(24)16-19-8-4-3-5-9-19/h3-15,18,24,26H,16-17H2,1-2H3. The average Bonchev–Trinajstić information content (AvgIpc) is 2.75. The van der Waals surface area contributed by atoms with Crippen LogP contribution in [0.25, 0.3) is 0 Å². The van der Waals surface area contributed by atoms with Gasteiger partial charge in [-0.25, -0.2) is 0 Å². The second-order valence-electron chi connectivity index (χ2n) is 7.78. The first kappa shape index (κ1) is 19.1. The zero-order chi connectivity index (χ0) is 20.2. The predicted octanol–water partition coefficient (Wildman–Crippen LogP) is 5.49. The van der Waals surface area contributed by atoms with Crippen molar-refractivity contribution >= 4 is 11.6 Å². The van der Waals surface area contributed by atoms with Crippen LogP contribution in [0.15, 0.2) is 78.9 Å². The molecule has 1 unspecified atom stereocenters. The van der Waals surface area contributed by atoms with Gasteiger partial charge in [-0.05, 0) is 41.3 Å². The fraction of sp³-hybridized carbons (Fsp3) is 0.240. The van der Waals surface area contributed by atoms with Crippen molar-refractivity contribution in [1.29, 1.82) is 0 Å². The summed E-state index contributed by atoms with van der Waals surface area (Å²) in [6, 6.07) is 25.8. The van der Waals surface area contributed by atoms with E-state index in [1.807, 2.05) is 83.8 Å². The van der Waals surface area contributed by atoms with E-state index in [4.69, 9.17) is 4.74 Å². The first-order valence-electron chi connectivity index (χ1n) is 10.0. The van der Waals surface area contributed by atoms with Gasteiger partial charge in [0.2, 0.25) is 0 Å². The van der Waals surface area contributed by atoms with Gasteiger partial charge in [0.25, 0.3) is 5.91 Å². The fourth-order valence-corrected chi connectivity index (χ4v) is 3.51. The molecule has 0 fully saturated rings. The third kappa shape index (κ3) is 4.27. The molecule has 3 aromatic carbocycles. The number of benzene rings is 3. The number of nitrogens with one attached hydrogen (secondary N) is 1. The molecule has 0 spiro atoms. The number of anilines is 1. The smallest absolute Gasteiger partial charge is 0.258 e. The van der Waals surface area contributed by atoms with Crippen molar-refractivity contribution in [3.05, 3.63) is 95.6 Å². The van der Waals surface area contributed by atoms with E-state index in [2.05, 4.69) is 19.2 Å². The Labute approximate surface area is 172 Å². The maximum Gasteiger partial charge on any atom is 0.258 e. The van der Waals surface area contributed by atoms with Crippen molar-refractivity contribution < 1.29 is 9.53 Å². The highest BCUT2D eigenvalue weighted by atomic mass is 16.5. The molecule has 1 aliphatic heterocycles. The number of fused-ring (bicyclic) bond motifs is 1. The van der Waals surface area contributed by atoms with Gasteiger partial charge in [-0.2, -0.15) is 0 Å². The Morgan fingerprint density at radius 2 is 1.62 bits per heavy atom. The average molecular weight is 386 g/mol. The van der Waals surface area contributed by atoms with Crippen molar-refractivity contribution in [2.75, 3.05) is 11.9 Å². The van der Waals surface area contributed by atoms with Crippen LogP contribution in [-0.4, -0.2) is 17.4 Å². The number of rotatable bonds is 6. The molecule has 1 heterocycles. The molecule has 29 heavy (non-hydrogen) atoms. The number of nitrogens with zero attached hydrogens (tertiary/aromatic N) is 1. The van der Waals surface area contributed by atoms with Crippen molar-refractivity contribution in [2.45, 2.75) is 26.6 Å². The highest BCUT2D eigenvalue weighted by Gasteiger charge is 2.32. The highest BCUT2D eigenvalue weighted by Crippen LogP contribution is 2.34. The third-order valence-corrected chi connectivity index (χ3v) is 5.00. The van der Waals surface area contributed by atoms with E-state index in [1.165, 1.54) is 0 Å². The molecule has 1 aliphatic rings. The number of ether oxygens (including phenoxy) is 1. The molecule has 1 N–H and O–H groups in total. The second kappa shape index (κ2) is 8.39. The lowest BCUT2D eigenvalue weighted by Gasteiger charge is -2.38. The van der Waals surface area contributed by atoms with Gasteiger partial charge >= 0.3 is 0 Å². The lowest BCUT2D eigenvalue weighted by atomic mass is 10.0. The Balaban J connectivity index is 1.64. The molecule has 1 atom stereocenters. The van der Waals surface area contributed by atoms with E-state index in [0.29, 0.717) is 24.6 Å². The largest absolute Gasteiger partial charge is 0.493 e. The van der Waals surface area contributed by atoms with E-state index in [9.17, 15) is 4.79 Å². The summed E-state index contributed by atoms with van der Waals surface area (Å²) in [6.45, 7) is 5.49. The number of amides is 1. The Morgan fingerprint density at radius 1 is 0.931 bits per heavy atom. The molecule has 4 heteroatoms. The summed E-state index contributed by atoms with van der Waals surface area (Å²) in [5.41, 5.74) is 3.70. The van der Waals surface area contributed by atoms with Crippen molar-refractivity contribution in [1.82, 2.24) is 4.90 Å². The maximum atomic E-state index is 13.3. The van der Waals surface area contributed by atoms with E-state index >= 15 is 0 Å². The summed E-state index contributed by atoms with van der Waals surface area (Å²) in [5.74, 6) is 1.36. The molecular formula is C25H26N2O2. The monoisotopic (exact) mass is 386 g/mol. The van der Waals surface area contributed by atoms with Crippen LogP contribution in [-0.2, 0) is 6.54 Å². The van der Waals surface area contributed by atoms with Crippen LogP contribution in [0.3, 0.4) is 0 Å². The van der Waals surface area contributed by atoms with Crippen LogP contribution in [0.4, 0.5) is 5.69 Å². The van der Waals surface area contributed by atoms with Crippen LogP contribution in [0.5, 0.6) is 5.75 Å². The third-order valence-electron chi connectivity index (χ3n) is 5.00. The van der Waals surface area contributed by atoms with Crippen molar-refractivity contribution in [3.8, 4) is 5.75 Å². The van der Waals surface area contributed by atoms with Gasteiger partial charge in [0.15, 0.2) is 0 Å². The molecule has 0 bridgehead atoms. The molecule has 1 amide bonds. The lowest BCUT2D eigenvalue weighted by molar-refractivity contribution is 0.0666. The molecule has 4 nitrogen and oxygen atoms in total. The van der Waals surface area contributed by atoms with Crippen molar-refractivity contribution in [2.24, 2.45) is 5.92 Å². The van der Waals surface area contributed by atoms with Gasteiger partial charge in [-0.15, -0.1) is 0 Å². The number of para-hydroxylation sites is 1. The molecule has 0 radical (unpaired) electrons. The first-order chi connectivity index (χ1) is 14.1. The predicted molar refractivity (Wildman–Crippen MR) is 116 cm³/mol. The van der Waals surface area contributed by atoms with Gasteiger partial charge in [0.05, 0.1) is 12.2 Å². The van der Waals surface area contributed by atoms with Crippen LogP contribution < -0.4 is 10.1 Å².